The third kappa shape index (κ3) is 3.17. The molecule has 2 rings (SSSR count). The first-order valence-corrected chi connectivity index (χ1v) is 8.07. The van der Waals surface area contributed by atoms with Gasteiger partial charge in [0.25, 0.3) is 0 Å². The molecule has 1 atom stereocenters. The molecule has 1 aliphatic rings. The summed E-state index contributed by atoms with van der Waals surface area (Å²) in [5.41, 5.74) is 5.64. The Labute approximate surface area is 126 Å². The van der Waals surface area contributed by atoms with E-state index in [-0.39, 0.29) is 45.5 Å². The summed E-state index contributed by atoms with van der Waals surface area (Å²) in [6.45, 7) is 0.249. The molecule has 1 amide bonds. The summed E-state index contributed by atoms with van der Waals surface area (Å²) in [4.78, 5) is 10.9. The molecule has 4 N–H and O–H groups in total. The van der Waals surface area contributed by atoms with Gasteiger partial charge in [-0.15, -0.1) is 0 Å². The number of nitrogens with one attached hydrogen (secondary N) is 2. The SMILES string of the molecule is Nc1c(Cl)ccc(S(=O)(=O)NC2CCC(=O)NC2)c1Cl. The minimum Gasteiger partial charge on any atom is -0.396 e. The fourth-order valence-corrected chi connectivity index (χ4v) is 3.91. The van der Waals surface area contributed by atoms with Crippen molar-refractivity contribution in [3.05, 3.63) is 22.2 Å². The monoisotopic (exact) mass is 337 g/mol. The van der Waals surface area contributed by atoms with E-state index < -0.39 is 10.0 Å². The Balaban J connectivity index is 2.23. The van der Waals surface area contributed by atoms with Crippen LogP contribution in [-0.2, 0) is 14.8 Å². The molecule has 1 saturated heterocycles. The lowest BCUT2D eigenvalue weighted by Crippen LogP contribution is -2.47. The molecule has 20 heavy (non-hydrogen) atoms. The topological polar surface area (TPSA) is 101 Å². The van der Waals surface area contributed by atoms with E-state index in [4.69, 9.17) is 28.9 Å². The lowest BCUT2D eigenvalue weighted by Gasteiger charge is -2.23. The number of anilines is 1. The van der Waals surface area contributed by atoms with E-state index in [1.807, 2.05) is 0 Å². The van der Waals surface area contributed by atoms with Crippen molar-refractivity contribution in [2.45, 2.75) is 23.8 Å². The Morgan fingerprint density at radius 2 is 2.05 bits per heavy atom. The smallest absolute Gasteiger partial charge is 0.242 e. The van der Waals surface area contributed by atoms with E-state index in [0.717, 1.165) is 0 Å². The first kappa shape index (κ1) is 15.4. The Kier molecular flexibility index (Phi) is 4.43. The molecule has 1 fully saturated rings. The minimum absolute atomic E-state index is 0.0214. The van der Waals surface area contributed by atoms with Crippen LogP contribution >= 0.6 is 23.2 Å². The molecule has 110 valence electrons. The van der Waals surface area contributed by atoms with Gasteiger partial charge in [-0.05, 0) is 18.6 Å². The second-order valence-electron chi connectivity index (χ2n) is 4.43. The number of benzene rings is 1. The molecule has 1 aromatic rings. The molecular weight excluding hydrogens is 325 g/mol. The van der Waals surface area contributed by atoms with Crippen LogP contribution < -0.4 is 15.8 Å². The molecule has 0 radical (unpaired) electrons. The van der Waals surface area contributed by atoms with Crippen molar-refractivity contribution in [3.8, 4) is 0 Å². The molecule has 1 heterocycles. The maximum atomic E-state index is 12.3. The van der Waals surface area contributed by atoms with Crippen LogP contribution in [0.4, 0.5) is 5.69 Å². The molecule has 1 aromatic carbocycles. The van der Waals surface area contributed by atoms with Gasteiger partial charge >= 0.3 is 0 Å². The predicted octanol–water partition coefficient (Wildman–Crippen LogP) is 1.13. The average molecular weight is 338 g/mol. The zero-order chi connectivity index (χ0) is 14.9. The lowest BCUT2D eigenvalue weighted by atomic mass is 10.1. The standard InChI is InChI=1S/C11H13Cl2N3O3S/c12-7-2-3-8(10(13)11(7)14)20(18,19)16-6-1-4-9(17)15-5-6/h2-3,6,16H,1,4-5,14H2,(H,15,17). The van der Waals surface area contributed by atoms with Gasteiger partial charge in [-0.3, -0.25) is 4.79 Å². The van der Waals surface area contributed by atoms with Crippen LogP contribution in [0.1, 0.15) is 12.8 Å². The highest BCUT2D eigenvalue weighted by Crippen LogP contribution is 2.33. The molecule has 0 aromatic heterocycles. The van der Waals surface area contributed by atoms with Crippen molar-refractivity contribution < 1.29 is 13.2 Å². The van der Waals surface area contributed by atoms with E-state index in [0.29, 0.717) is 6.42 Å². The lowest BCUT2D eigenvalue weighted by molar-refractivity contribution is -0.122. The summed E-state index contributed by atoms with van der Waals surface area (Å²) in [7, 11) is -3.82. The molecule has 0 aliphatic carbocycles. The van der Waals surface area contributed by atoms with Gasteiger partial charge in [-0.25, -0.2) is 13.1 Å². The minimum atomic E-state index is -3.82. The number of carbonyl (C=O) groups excluding carboxylic acids is 1. The van der Waals surface area contributed by atoms with E-state index in [1.165, 1.54) is 12.1 Å². The van der Waals surface area contributed by atoms with Gasteiger partial charge in [0, 0.05) is 19.0 Å². The molecule has 0 bridgehead atoms. The predicted molar refractivity (Wildman–Crippen MR) is 77.2 cm³/mol. The van der Waals surface area contributed by atoms with Gasteiger partial charge in [0.1, 0.15) is 4.90 Å². The van der Waals surface area contributed by atoms with E-state index in [9.17, 15) is 13.2 Å². The maximum Gasteiger partial charge on any atom is 0.242 e. The first-order chi connectivity index (χ1) is 9.31. The fraction of sp³-hybridized carbons (Fsp3) is 0.364. The summed E-state index contributed by atoms with van der Waals surface area (Å²) < 4.78 is 27.0. The normalized spacial score (nSPS) is 19.7. The van der Waals surface area contributed by atoms with E-state index in [1.54, 1.807) is 0 Å². The summed E-state index contributed by atoms with van der Waals surface area (Å²) >= 11 is 11.7. The highest BCUT2D eigenvalue weighted by molar-refractivity contribution is 7.89. The summed E-state index contributed by atoms with van der Waals surface area (Å²) in [5, 5.41) is 2.68. The number of nitrogen functional groups attached to an aromatic ring is 1. The third-order valence-corrected chi connectivity index (χ3v) is 5.38. The van der Waals surface area contributed by atoms with Crippen molar-refractivity contribution in [1.82, 2.24) is 10.0 Å². The van der Waals surface area contributed by atoms with Crippen molar-refractivity contribution in [2.24, 2.45) is 0 Å². The van der Waals surface area contributed by atoms with Gasteiger partial charge in [0.2, 0.25) is 15.9 Å². The van der Waals surface area contributed by atoms with Gasteiger partial charge in [-0.1, -0.05) is 23.2 Å². The summed E-state index contributed by atoms with van der Waals surface area (Å²) in [6.07, 6.45) is 0.718. The number of carbonyl (C=O) groups is 1. The van der Waals surface area contributed by atoms with Crippen molar-refractivity contribution >= 4 is 44.8 Å². The van der Waals surface area contributed by atoms with Crippen LogP contribution in [0.15, 0.2) is 17.0 Å². The third-order valence-electron chi connectivity index (χ3n) is 2.97. The Morgan fingerprint density at radius 1 is 1.35 bits per heavy atom. The summed E-state index contributed by atoms with van der Waals surface area (Å²) in [5.74, 6) is -0.0887. The first-order valence-electron chi connectivity index (χ1n) is 5.84. The molecule has 0 saturated carbocycles. The molecule has 0 spiro atoms. The number of piperidine rings is 1. The molecule has 1 aliphatic heterocycles. The fourth-order valence-electron chi connectivity index (χ4n) is 1.87. The Morgan fingerprint density at radius 3 is 2.65 bits per heavy atom. The van der Waals surface area contributed by atoms with Crippen LogP contribution in [0.5, 0.6) is 0 Å². The highest BCUT2D eigenvalue weighted by atomic mass is 35.5. The maximum absolute atomic E-state index is 12.3. The van der Waals surface area contributed by atoms with E-state index >= 15 is 0 Å². The molecule has 9 heteroatoms. The Bertz CT molecular complexity index is 639. The second-order valence-corrected chi connectivity index (χ2v) is 6.90. The number of nitrogens with two attached hydrogens (primary N) is 1. The van der Waals surface area contributed by atoms with Crippen LogP contribution in [0, 0.1) is 0 Å². The van der Waals surface area contributed by atoms with Gasteiger partial charge in [0.15, 0.2) is 0 Å². The quantitative estimate of drug-likeness (QED) is 0.719. The number of sulfonamides is 1. The number of halogens is 2. The zero-order valence-corrected chi connectivity index (χ0v) is 12.6. The number of hydrogen-bond donors (Lipinski definition) is 3. The molecule has 1 unspecified atom stereocenters. The van der Waals surface area contributed by atoms with Gasteiger partial charge in [0.05, 0.1) is 15.7 Å². The number of rotatable bonds is 3. The van der Waals surface area contributed by atoms with Crippen molar-refractivity contribution in [1.29, 1.82) is 0 Å². The van der Waals surface area contributed by atoms with Gasteiger partial charge in [-0.2, -0.15) is 0 Å². The van der Waals surface area contributed by atoms with Crippen LogP contribution in [0.3, 0.4) is 0 Å². The number of amides is 1. The number of hydrogen-bond acceptors (Lipinski definition) is 4. The van der Waals surface area contributed by atoms with E-state index in [2.05, 4.69) is 10.0 Å². The van der Waals surface area contributed by atoms with Crippen molar-refractivity contribution in [2.75, 3.05) is 12.3 Å². The highest BCUT2D eigenvalue weighted by Gasteiger charge is 2.26. The zero-order valence-electron chi connectivity index (χ0n) is 10.3. The van der Waals surface area contributed by atoms with Gasteiger partial charge < -0.3 is 11.1 Å². The van der Waals surface area contributed by atoms with Crippen LogP contribution in [0.2, 0.25) is 10.0 Å². The summed E-state index contributed by atoms with van der Waals surface area (Å²) in [6, 6.07) is 2.30. The van der Waals surface area contributed by atoms with Crippen LogP contribution in [-0.4, -0.2) is 26.9 Å². The van der Waals surface area contributed by atoms with Crippen molar-refractivity contribution in [3.63, 3.8) is 0 Å². The molecule has 6 nitrogen and oxygen atoms in total. The van der Waals surface area contributed by atoms with Crippen LogP contribution in [0.25, 0.3) is 0 Å². The average Bonchev–Trinajstić information content (AvgIpc) is 2.38. The Hall–Kier alpha value is -1.02. The second kappa shape index (κ2) is 5.77. The largest absolute Gasteiger partial charge is 0.396 e. The molecular formula is C11H13Cl2N3O3S.